The molecule has 1 heteroatoms. The molecule has 2 bridgehead atoms. The lowest BCUT2D eigenvalue weighted by Crippen LogP contribution is -2.23. The molecule has 2 rings (SSSR count). The molecule has 0 aromatic carbocycles. The van der Waals surface area contributed by atoms with Crippen LogP contribution >= 0.6 is 0 Å². The van der Waals surface area contributed by atoms with Crippen LogP contribution in [0.25, 0.3) is 0 Å². The van der Waals surface area contributed by atoms with Crippen molar-refractivity contribution in [2.24, 2.45) is 11.8 Å². The van der Waals surface area contributed by atoms with E-state index in [1.165, 1.54) is 44.9 Å². The van der Waals surface area contributed by atoms with E-state index in [0.717, 1.165) is 18.4 Å². The minimum Gasteiger partial charge on any atom is -0.378 e. The molecular weight excluding hydrogens is 160 g/mol. The monoisotopic (exact) mass is 182 g/mol. The molecule has 1 nitrogen and oxygen atoms in total. The van der Waals surface area contributed by atoms with Crippen LogP contribution in [-0.2, 0) is 4.74 Å². The molecule has 0 saturated heterocycles. The van der Waals surface area contributed by atoms with E-state index in [1.807, 2.05) is 0 Å². The first-order valence-electron chi connectivity index (χ1n) is 6.00. The van der Waals surface area contributed by atoms with Crippen LogP contribution in [0.3, 0.4) is 0 Å². The lowest BCUT2D eigenvalue weighted by atomic mass is 9.87. The molecule has 2 aliphatic carbocycles. The van der Waals surface area contributed by atoms with Crippen LogP contribution in [0.4, 0.5) is 0 Å². The maximum absolute atomic E-state index is 5.90. The second-order valence-corrected chi connectivity index (χ2v) is 4.86. The normalized spacial score (nSPS) is 38.1. The van der Waals surface area contributed by atoms with Gasteiger partial charge in [0.25, 0.3) is 0 Å². The quantitative estimate of drug-likeness (QED) is 0.606. The lowest BCUT2D eigenvalue weighted by molar-refractivity contribution is 0.00853. The Morgan fingerprint density at radius 3 is 2.38 bits per heavy atom. The van der Waals surface area contributed by atoms with E-state index in [9.17, 15) is 0 Å². The molecule has 0 aliphatic heterocycles. The highest BCUT2D eigenvalue weighted by Gasteiger charge is 2.34. The molecule has 0 heterocycles. The largest absolute Gasteiger partial charge is 0.378 e. The number of hydrogen-bond donors (Lipinski definition) is 0. The fourth-order valence-corrected chi connectivity index (χ4v) is 2.98. The summed E-state index contributed by atoms with van der Waals surface area (Å²) in [6.45, 7) is 3.23. The summed E-state index contributed by atoms with van der Waals surface area (Å²) in [5.74, 6) is 2.04. The second kappa shape index (κ2) is 4.45. The van der Waals surface area contributed by atoms with Gasteiger partial charge in [-0.3, -0.25) is 0 Å². The standard InChI is InChI=1S/C12H22O/c1-2-3-6-13-12-8-10-4-5-11(7-10)9-12/h10-12H,2-9H2,1H3/t10-,11?,12?/m1/s1. The van der Waals surface area contributed by atoms with Gasteiger partial charge in [-0.25, -0.2) is 0 Å². The fourth-order valence-electron chi connectivity index (χ4n) is 2.98. The summed E-state index contributed by atoms with van der Waals surface area (Å²) in [7, 11) is 0. The van der Waals surface area contributed by atoms with Gasteiger partial charge < -0.3 is 4.74 Å². The van der Waals surface area contributed by atoms with Crippen molar-refractivity contribution in [3.8, 4) is 0 Å². The number of unbranched alkanes of at least 4 members (excludes halogenated alkanes) is 1. The molecule has 0 radical (unpaired) electrons. The average Bonchev–Trinajstić information content (AvgIpc) is 2.46. The highest BCUT2D eigenvalue weighted by Crippen LogP contribution is 2.42. The SMILES string of the molecule is CCCCOC1CC2CC[C@H](C2)C1. The summed E-state index contributed by atoms with van der Waals surface area (Å²) in [5, 5.41) is 0. The third-order valence-electron chi connectivity index (χ3n) is 3.69. The van der Waals surface area contributed by atoms with Crippen LogP contribution in [0.1, 0.15) is 51.9 Å². The minimum atomic E-state index is 0.623. The van der Waals surface area contributed by atoms with Crippen LogP contribution in [0.2, 0.25) is 0 Å². The molecule has 0 N–H and O–H groups in total. The van der Waals surface area contributed by atoms with Gasteiger partial charge in [0.2, 0.25) is 0 Å². The van der Waals surface area contributed by atoms with Crippen molar-refractivity contribution in [2.75, 3.05) is 6.61 Å². The Morgan fingerprint density at radius 1 is 1.08 bits per heavy atom. The van der Waals surface area contributed by atoms with Crippen molar-refractivity contribution in [3.63, 3.8) is 0 Å². The topological polar surface area (TPSA) is 9.23 Å². The van der Waals surface area contributed by atoms with Gasteiger partial charge in [0.15, 0.2) is 0 Å². The first kappa shape index (κ1) is 9.51. The average molecular weight is 182 g/mol. The summed E-state index contributed by atoms with van der Waals surface area (Å²) < 4.78 is 5.90. The van der Waals surface area contributed by atoms with Crippen molar-refractivity contribution in [3.05, 3.63) is 0 Å². The maximum atomic E-state index is 5.90. The molecule has 3 atom stereocenters. The summed E-state index contributed by atoms with van der Waals surface area (Å²) in [5.41, 5.74) is 0. The van der Waals surface area contributed by atoms with Crippen LogP contribution in [0.15, 0.2) is 0 Å². The summed E-state index contributed by atoms with van der Waals surface area (Å²) in [4.78, 5) is 0. The molecule has 0 aromatic rings. The Kier molecular flexibility index (Phi) is 3.26. The highest BCUT2D eigenvalue weighted by molar-refractivity contribution is 4.85. The summed E-state index contributed by atoms with van der Waals surface area (Å²) in [6.07, 6.45) is 10.3. The van der Waals surface area contributed by atoms with E-state index < -0.39 is 0 Å². The summed E-state index contributed by atoms with van der Waals surface area (Å²) >= 11 is 0. The fraction of sp³-hybridized carbons (Fsp3) is 1.00. The third kappa shape index (κ3) is 2.46. The number of hydrogen-bond acceptors (Lipinski definition) is 1. The van der Waals surface area contributed by atoms with Gasteiger partial charge in [0, 0.05) is 6.61 Å². The molecule has 0 aromatic heterocycles. The molecule has 0 spiro atoms. The van der Waals surface area contributed by atoms with Crippen molar-refractivity contribution in [2.45, 2.75) is 58.0 Å². The van der Waals surface area contributed by atoms with Crippen LogP contribution < -0.4 is 0 Å². The van der Waals surface area contributed by atoms with Crippen molar-refractivity contribution < 1.29 is 4.74 Å². The Morgan fingerprint density at radius 2 is 1.77 bits per heavy atom. The number of fused-ring (bicyclic) bond motifs is 2. The zero-order valence-corrected chi connectivity index (χ0v) is 8.80. The molecule has 2 aliphatic rings. The van der Waals surface area contributed by atoms with E-state index in [2.05, 4.69) is 6.92 Å². The van der Waals surface area contributed by atoms with Gasteiger partial charge in [-0.2, -0.15) is 0 Å². The lowest BCUT2D eigenvalue weighted by Gasteiger charge is -2.27. The molecule has 2 unspecified atom stereocenters. The Hall–Kier alpha value is -0.0400. The smallest absolute Gasteiger partial charge is 0.0580 e. The molecule has 0 amide bonds. The number of ether oxygens (including phenoxy) is 1. The van der Waals surface area contributed by atoms with E-state index in [1.54, 1.807) is 0 Å². The third-order valence-corrected chi connectivity index (χ3v) is 3.69. The van der Waals surface area contributed by atoms with Gasteiger partial charge in [-0.05, 0) is 37.5 Å². The van der Waals surface area contributed by atoms with Crippen molar-refractivity contribution in [1.29, 1.82) is 0 Å². The molecular formula is C12H22O. The maximum Gasteiger partial charge on any atom is 0.0580 e. The zero-order valence-electron chi connectivity index (χ0n) is 8.80. The van der Waals surface area contributed by atoms with E-state index >= 15 is 0 Å². The van der Waals surface area contributed by atoms with Gasteiger partial charge in [-0.1, -0.05) is 26.2 Å². The molecule has 2 saturated carbocycles. The van der Waals surface area contributed by atoms with Crippen molar-refractivity contribution in [1.82, 2.24) is 0 Å². The number of rotatable bonds is 4. The Bertz CT molecular complexity index is 143. The Labute approximate surface area is 81.9 Å². The molecule has 2 fully saturated rings. The zero-order chi connectivity index (χ0) is 9.10. The minimum absolute atomic E-state index is 0.623. The predicted octanol–water partition coefficient (Wildman–Crippen LogP) is 3.38. The van der Waals surface area contributed by atoms with Crippen molar-refractivity contribution >= 4 is 0 Å². The Balaban J connectivity index is 1.69. The first-order valence-corrected chi connectivity index (χ1v) is 6.00. The van der Waals surface area contributed by atoms with Crippen LogP contribution in [0, 0.1) is 11.8 Å². The summed E-state index contributed by atoms with van der Waals surface area (Å²) in [6, 6.07) is 0. The van der Waals surface area contributed by atoms with Crippen LogP contribution in [0.5, 0.6) is 0 Å². The van der Waals surface area contributed by atoms with E-state index in [-0.39, 0.29) is 0 Å². The van der Waals surface area contributed by atoms with Gasteiger partial charge in [-0.15, -0.1) is 0 Å². The second-order valence-electron chi connectivity index (χ2n) is 4.86. The van der Waals surface area contributed by atoms with Gasteiger partial charge in [0.05, 0.1) is 6.10 Å². The van der Waals surface area contributed by atoms with Crippen LogP contribution in [-0.4, -0.2) is 12.7 Å². The first-order chi connectivity index (χ1) is 6.38. The predicted molar refractivity (Wildman–Crippen MR) is 54.7 cm³/mol. The van der Waals surface area contributed by atoms with E-state index in [4.69, 9.17) is 4.74 Å². The van der Waals surface area contributed by atoms with Gasteiger partial charge in [0.1, 0.15) is 0 Å². The molecule has 76 valence electrons. The van der Waals surface area contributed by atoms with Gasteiger partial charge >= 0.3 is 0 Å². The highest BCUT2D eigenvalue weighted by atomic mass is 16.5. The van der Waals surface area contributed by atoms with E-state index in [0.29, 0.717) is 6.10 Å². The molecule has 13 heavy (non-hydrogen) atoms.